The fraction of sp³-hybridized carbons (Fsp3) is 0.231. The Hall–Kier alpha value is -1.42. The van der Waals surface area contributed by atoms with E-state index in [-0.39, 0.29) is 0 Å². The number of furan rings is 1. The maximum Gasteiger partial charge on any atom is 0.169 e. The fourth-order valence-electron chi connectivity index (χ4n) is 1.66. The maximum atomic E-state index is 9.82. The number of hydrogen-bond acceptors (Lipinski definition) is 3. The quantitative estimate of drug-likeness (QED) is 0.900. The predicted octanol–water partition coefficient (Wildman–Crippen LogP) is 3.98. The minimum Gasteiger partial charge on any atom is -0.507 e. The Balaban J connectivity index is 2.12. The summed E-state index contributed by atoms with van der Waals surface area (Å²) in [7, 11) is 0. The largest absolute Gasteiger partial charge is 0.507 e. The highest BCUT2D eigenvalue weighted by Crippen LogP contribution is 2.28. The molecule has 90 valence electrons. The first kappa shape index (κ1) is 12.0. The van der Waals surface area contributed by atoms with E-state index in [1.165, 1.54) is 0 Å². The SMILES string of the molecule is Cc1ccc(NCc2ccc(Br)o2)c(C)c1O. The molecule has 0 unspecified atom stereocenters. The Labute approximate surface area is 109 Å². The first-order chi connectivity index (χ1) is 8.08. The van der Waals surface area contributed by atoms with E-state index in [1.807, 2.05) is 38.1 Å². The molecule has 2 aromatic rings. The normalized spacial score (nSPS) is 10.5. The molecule has 2 N–H and O–H groups in total. The lowest BCUT2D eigenvalue weighted by molar-refractivity contribution is 0.467. The van der Waals surface area contributed by atoms with E-state index in [1.54, 1.807) is 0 Å². The topological polar surface area (TPSA) is 45.4 Å². The molecule has 2 rings (SSSR count). The summed E-state index contributed by atoms with van der Waals surface area (Å²) in [5, 5.41) is 13.1. The summed E-state index contributed by atoms with van der Waals surface area (Å²) < 4.78 is 6.11. The number of benzene rings is 1. The van der Waals surface area contributed by atoms with Crippen molar-refractivity contribution in [3.05, 3.63) is 45.8 Å². The Bertz CT molecular complexity index is 534. The lowest BCUT2D eigenvalue weighted by Gasteiger charge is -2.11. The third-order valence-corrected chi connectivity index (χ3v) is 3.14. The van der Waals surface area contributed by atoms with Gasteiger partial charge in [0.15, 0.2) is 4.67 Å². The number of phenolic OH excluding ortho intramolecular Hbond substituents is 1. The molecule has 0 radical (unpaired) electrons. The molecule has 0 spiro atoms. The molecule has 0 atom stereocenters. The van der Waals surface area contributed by atoms with Crippen LogP contribution < -0.4 is 5.32 Å². The van der Waals surface area contributed by atoms with Gasteiger partial charge in [-0.05, 0) is 53.5 Å². The van der Waals surface area contributed by atoms with Gasteiger partial charge in [0.2, 0.25) is 0 Å². The van der Waals surface area contributed by atoms with Gasteiger partial charge in [0.25, 0.3) is 0 Å². The molecule has 1 aromatic carbocycles. The van der Waals surface area contributed by atoms with E-state index >= 15 is 0 Å². The molecule has 0 aliphatic heterocycles. The van der Waals surface area contributed by atoms with Crippen molar-refractivity contribution in [3.8, 4) is 5.75 Å². The molecule has 1 aromatic heterocycles. The molecule has 0 amide bonds. The molecule has 0 saturated heterocycles. The summed E-state index contributed by atoms with van der Waals surface area (Å²) in [6.45, 7) is 4.37. The Morgan fingerprint density at radius 2 is 2.00 bits per heavy atom. The Morgan fingerprint density at radius 1 is 1.24 bits per heavy atom. The molecule has 3 nitrogen and oxygen atoms in total. The van der Waals surface area contributed by atoms with Gasteiger partial charge >= 0.3 is 0 Å². The van der Waals surface area contributed by atoms with Crippen LogP contribution in [0.15, 0.2) is 33.4 Å². The van der Waals surface area contributed by atoms with E-state index in [0.29, 0.717) is 12.3 Å². The first-order valence-corrected chi connectivity index (χ1v) is 6.14. The molecular formula is C13H14BrNO2. The minimum atomic E-state index is 0.343. The van der Waals surface area contributed by atoms with Crippen LogP contribution in [0, 0.1) is 13.8 Å². The molecule has 4 heteroatoms. The van der Waals surface area contributed by atoms with Gasteiger partial charge in [-0.3, -0.25) is 0 Å². The zero-order valence-corrected chi connectivity index (χ0v) is 11.3. The van der Waals surface area contributed by atoms with Crippen molar-refractivity contribution in [2.24, 2.45) is 0 Å². The summed E-state index contributed by atoms with van der Waals surface area (Å²) in [5.41, 5.74) is 2.66. The van der Waals surface area contributed by atoms with Crippen molar-refractivity contribution in [3.63, 3.8) is 0 Å². The first-order valence-electron chi connectivity index (χ1n) is 5.35. The van der Waals surface area contributed by atoms with Crippen LogP contribution in [0.1, 0.15) is 16.9 Å². The molecule has 0 aliphatic carbocycles. The molecule has 0 aliphatic rings. The second-order valence-corrected chi connectivity index (χ2v) is 4.74. The number of phenols is 1. The standard InChI is InChI=1S/C13H14BrNO2/c1-8-3-5-11(9(2)13(8)16)15-7-10-4-6-12(14)17-10/h3-6,15-16H,7H2,1-2H3. The number of halogens is 1. The number of nitrogens with one attached hydrogen (secondary N) is 1. The molecular weight excluding hydrogens is 282 g/mol. The van der Waals surface area contributed by atoms with Gasteiger partial charge in [0.05, 0.1) is 6.54 Å². The van der Waals surface area contributed by atoms with Crippen molar-refractivity contribution < 1.29 is 9.52 Å². The maximum absolute atomic E-state index is 9.82. The zero-order valence-electron chi connectivity index (χ0n) is 9.75. The van der Waals surface area contributed by atoms with Crippen molar-refractivity contribution in [2.45, 2.75) is 20.4 Å². The van der Waals surface area contributed by atoms with Crippen LogP contribution in [-0.4, -0.2) is 5.11 Å². The van der Waals surface area contributed by atoms with Gasteiger partial charge in [-0.1, -0.05) is 6.07 Å². The summed E-state index contributed by atoms with van der Waals surface area (Å²) >= 11 is 3.26. The third kappa shape index (κ3) is 2.64. The number of rotatable bonds is 3. The average Bonchev–Trinajstić information content (AvgIpc) is 2.71. The second-order valence-electron chi connectivity index (χ2n) is 3.96. The Kier molecular flexibility index (Phi) is 3.43. The van der Waals surface area contributed by atoms with E-state index in [4.69, 9.17) is 4.42 Å². The lowest BCUT2D eigenvalue weighted by Crippen LogP contribution is -2.00. The van der Waals surface area contributed by atoms with Gasteiger partial charge in [-0.2, -0.15) is 0 Å². The molecule has 0 bridgehead atoms. The molecule has 0 saturated carbocycles. The number of anilines is 1. The summed E-state index contributed by atoms with van der Waals surface area (Å²) in [5.74, 6) is 1.19. The van der Waals surface area contributed by atoms with Crippen LogP contribution in [0.3, 0.4) is 0 Å². The number of aryl methyl sites for hydroxylation is 1. The van der Waals surface area contributed by atoms with Gasteiger partial charge < -0.3 is 14.8 Å². The van der Waals surface area contributed by atoms with Crippen LogP contribution in [0.2, 0.25) is 0 Å². The van der Waals surface area contributed by atoms with Crippen LogP contribution >= 0.6 is 15.9 Å². The monoisotopic (exact) mass is 295 g/mol. The predicted molar refractivity (Wildman–Crippen MR) is 71.3 cm³/mol. The van der Waals surface area contributed by atoms with E-state index in [9.17, 15) is 5.11 Å². The van der Waals surface area contributed by atoms with E-state index in [2.05, 4.69) is 21.2 Å². The van der Waals surface area contributed by atoms with Gasteiger partial charge in [-0.15, -0.1) is 0 Å². The zero-order chi connectivity index (χ0) is 12.4. The molecule has 17 heavy (non-hydrogen) atoms. The highest BCUT2D eigenvalue weighted by molar-refractivity contribution is 9.10. The van der Waals surface area contributed by atoms with Crippen molar-refractivity contribution >= 4 is 21.6 Å². The third-order valence-electron chi connectivity index (χ3n) is 2.71. The summed E-state index contributed by atoms with van der Waals surface area (Å²) in [4.78, 5) is 0. The smallest absolute Gasteiger partial charge is 0.169 e. The van der Waals surface area contributed by atoms with Crippen molar-refractivity contribution in [1.82, 2.24) is 0 Å². The van der Waals surface area contributed by atoms with Crippen LogP contribution in [0.4, 0.5) is 5.69 Å². The second kappa shape index (κ2) is 4.84. The van der Waals surface area contributed by atoms with Crippen molar-refractivity contribution in [2.75, 3.05) is 5.32 Å². The van der Waals surface area contributed by atoms with Gasteiger partial charge in [0.1, 0.15) is 11.5 Å². The fourth-order valence-corrected chi connectivity index (χ4v) is 2.00. The van der Waals surface area contributed by atoms with Crippen LogP contribution in [0.5, 0.6) is 5.75 Å². The number of aromatic hydroxyl groups is 1. The highest BCUT2D eigenvalue weighted by Gasteiger charge is 2.06. The van der Waals surface area contributed by atoms with E-state index in [0.717, 1.165) is 27.2 Å². The van der Waals surface area contributed by atoms with Gasteiger partial charge in [-0.25, -0.2) is 0 Å². The van der Waals surface area contributed by atoms with Crippen LogP contribution in [0.25, 0.3) is 0 Å². The van der Waals surface area contributed by atoms with E-state index < -0.39 is 0 Å². The Morgan fingerprint density at radius 3 is 2.65 bits per heavy atom. The molecule has 0 fully saturated rings. The molecule has 1 heterocycles. The highest BCUT2D eigenvalue weighted by atomic mass is 79.9. The minimum absolute atomic E-state index is 0.343. The summed E-state index contributed by atoms with van der Waals surface area (Å²) in [6.07, 6.45) is 0. The van der Waals surface area contributed by atoms with Crippen LogP contribution in [-0.2, 0) is 6.54 Å². The summed E-state index contributed by atoms with van der Waals surface area (Å²) in [6, 6.07) is 7.61. The van der Waals surface area contributed by atoms with Crippen molar-refractivity contribution in [1.29, 1.82) is 0 Å². The van der Waals surface area contributed by atoms with Gasteiger partial charge in [0, 0.05) is 11.3 Å². The number of hydrogen-bond donors (Lipinski definition) is 2. The average molecular weight is 296 g/mol. The lowest BCUT2D eigenvalue weighted by atomic mass is 10.1.